The summed E-state index contributed by atoms with van der Waals surface area (Å²) < 4.78 is 6.40. The Bertz CT molecular complexity index is 767. The van der Waals surface area contributed by atoms with Crippen molar-refractivity contribution < 1.29 is 9.53 Å². The van der Waals surface area contributed by atoms with Crippen molar-refractivity contribution in [3.05, 3.63) is 65.7 Å². The minimum Gasteiger partial charge on any atom is -0.485 e. The van der Waals surface area contributed by atoms with Gasteiger partial charge in [-0.25, -0.2) is 0 Å². The molecule has 4 heteroatoms. The fraction of sp³-hybridized carbons (Fsp3) is 0.409. The van der Waals surface area contributed by atoms with Gasteiger partial charge in [0.05, 0.1) is 12.1 Å². The molecule has 26 heavy (non-hydrogen) atoms. The van der Waals surface area contributed by atoms with Gasteiger partial charge in [0.2, 0.25) is 0 Å². The van der Waals surface area contributed by atoms with Crippen molar-refractivity contribution in [3.63, 3.8) is 0 Å². The van der Waals surface area contributed by atoms with E-state index >= 15 is 0 Å². The van der Waals surface area contributed by atoms with Gasteiger partial charge >= 0.3 is 0 Å². The fourth-order valence-corrected chi connectivity index (χ4v) is 4.20. The monoisotopic (exact) mass is 350 g/mol. The molecule has 1 aliphatic carbocycles. The lowest BCUT2D eigenvalue weighted by atomic mass is 9.81. The standard InChI is InChI=1S/C22H26N2O2/c1-24(15-17-7-3-2-4-8-17)18-11-13-22(14-12-18)16-23-21(25)19-9-5-6-10-20(19)26-22/h2-10,18H,11-16H2,1H3,(H,23,25). The summed E-state index contributed by atoms with van der Waals surface area (Å²) in [4.78, 5) is 14.8. The number of amides is 1. The van der Waals surface area contributed by atoms with E-state index in [1.165, 1.54) is 5.56 Å². The van der Waals surface area contributed by atoms with Crippen LogP contribution in [0.2, 0.25) is 0 Å². The maximum Gasteiger partial charge on any atom is 0.255 e. The Morgan fingerprint density at radius 1 is 1.08 bits per heavy atom. The highest BCUT2D eigenvalue weighted by atomic mass is 16.5. The van der Waals surface area contributed by atoms with E-state index < -0.39 is 0 Å². The van der Waals surface area contributed by atoms with Crippen LogP contribution >= 0.6 is 0 Å². The predicted octanol–water partition coefficient (Wildman–Crippen LogP) is 3.62. The number of nitrogens with one attached hydrogen (secondary N) is 1. The topological polar surface area (TPSA) is 41.6 Å². The molecule has 2 aromatic carbocycles. The van der Waals surface area contributed by atoms with Gasteiger partial charge in [-0.05, 0) is 50.4 Å². The number of nitrogens with zero attached hydrogens (tertiary/aromatic N) is 1. The van der Waals surface area contributed by atoms with Crippen molar-refractivity contribution in [1.29, 1.82) is 0 Å². The van der Waals surface area contributed by atoms with E-state index in [1.54, 1.807) is 0 Å². The van der Waals surface area contributed by atoms with Crippen LogP contribution in [-0.4, -0.2) is 36.0 Å². The first kappa shape index (κ1) is 17.1. The summed E-state index contributed by atoms with van der Waals surface area (Å²) in [5.41, 5.74) is 1.72. The Morgan fingerprint density at radius 2 is 1.77 bits per heavy atom. The van der Waals surface area contributed by atoms with Crippen LogP contribution in [0.1, 0.15) is 41.6 Å². The number of hydrogen-bond donors (Lipinski definition) is 1. The van der Waals surface area contributed by atoms with Crippen LogP contribution in [0.5, 0.6) is 5.75 Å². The second-order valence-corrected chi connectivity index (χ2v) is 7.60. The van der Waals surface area contributed by atoms with E-state index in [4.69, 9.17) is 4.74 Å². The molecule has 1 saturated carbocycles. The number of carbonyl (C=O) groups is 1. The van der Waals surface area contributed by atoms with Crippen molar-refractivity contribution in [1.82, 2.24) is 10.2 Å². The maximum absolute atomic E-state index is 12.3. The Balaban J connectivity index is 1.42. The minimum absolute atomic E-state index is 0.0270. The third-order valence-corrected chi connectivity index (χ3v) is 5.79. The Labute approximate surface area is 155 Å². The summed E-state index contributed by atoms with van der Waals surface area (Å²) in [6.07, 6.45) is 4.10. The molecule has 136 valence electrons. The molecule has 2 aliphatic rings. The lowest BCUT2D eigenvalue weighted by Crippen LogP contribution is -2.50. The summed E-state index contributed by atoms with van der Waals surface area (Å²) in [7, 11) is 2.21. The molecule has 1 fully saturated rings. The normalized spacial score (nSPS) is 25.3. The van der Waals surface area contributed by atoms with Gasteiger partial charge in [-0.15, -0.1) is 0 Å². The maximum atomic E-state index is 12.3. The second-order valence-electron chi connectivity index (χ2n) is 7.60. The third kappa shape index (κ3) is 3.47. The number of hydrogen-bond acceptors (Lipinski definition) is 3. The van der Waals surface area contributed by atoms with Crippen LogP contribution in [0.4, 0.5) is 0 Å². The minimum atomic E-state index is -0.271. The molecule has 4 nitrogen and oxygen atoms in total. The van der Waals surface area contributed by atoms with Crippen LogP contribution in [0.15, 0.2) is 54.6 Å². The number of ether oxygens (including phenoxy) is 1. The zero-order valence-electron chi connectivity index (χ0n) is 15.3. The molecular weight excluding hydrogens is 324 g/mol. The Morgan fingerprint density at radius 3 is 2.54 bits per heavy atom. The molecule has 0 saturated heterocycles. The van der Waals surface area contributed by atoms with E-state index in [2.05, 4.69) is 47.6 Å². The van der Waals surface area contributed by atoms with Crippen molar-refractivity contribution >= 4 is 5.91 Å². The molecule has 0 atom stereocenters. The third-order valence-electron chi connectivity index (χ3n) is 5.79. The molecule has 1 spiro atoms. The first-order chi connectivity index (χ1) is 12.7. The van der Waals surface area contributed by atoms with Crippen LogP contribution in [-0.2, 0) is 6.54 Å². The number of fused-ring (bicyclic) bond motifs is 1. The van der Waals surface area contributed by atoms with Crippen molar-refractivity contribution in [2.45, 2.75) is 43.9 Å². The average molecular weight is 350 g/mol. The van der Waals surface area contributed by atoms with E-state index in [9.17, 15) is 4.79 Å². The van der Waals surface area contributed by atoms with Crippen LogP contribution in [0.3, 0.4) is 0 Å². The molecule has 2 aromatic rings. The highest BCUT2D eigenvalue weighted by Gasteiger charge is 2.41. The lowest BCUT2D eigenvalue weighted by molar-refractivity contribution is 0.00885. The van der Waals surface area contributed by atoms with Gasteiger partial charge in [-0.3, -0.25) is 9.69 Å². The quantitative estimate of drug-likeness (QED) is 0.919. The zero-order valence-corrected chi connectivity index (χ0v) is 15.3. The second kappa shape index (κ2) is 7.12. The van der Waals surface area contributed by atoms with E-state index in [-0.39, 0.29) is 11.5 Å². The van der Waals surface area contributed by atoms with Crippen LogP contribution in [0.25, 0.3) is 0 Å². The molecule has 0 unspecified atom stereocenters. The molecule has 4 rings (SSSR count). The summed E-state index contributed by atoms with van der Waals surface area (Å²) in [5.74, 6) is 0.694. The van der Waals surface area contributed by atoms with Gasteiger partial charge < -0.3 is 10.1 Å². The van der Waals surface area contributed by atoms with Crippen molar-refractivity contribution in [2.24, 2.45) is 0 Å². The van der Waals surface area contributed by atoms with Gasteiger partial charge in [0.1, 0.15) is 11.4 Å². The van der Waals surface area contributed by atoms with Crippen LogP contribution in [0, 0.1) is 0 Å². The molecule has 1 N–H and O–H groups in total. The largest absolute Gasteiger partial charge is 0.485 e. The molecule has 1 aliphatic heterocycles. The summed E-state index contributed by atoms with van der Waals surface area (Å²) in [5, 5.41) is 3.07. The van der Waals surface area contributed by atoms with Gasteiger partial charge in [-0.2, -0.15) is 0 Å². The Hall–Kier alpha value is -2.33. The van der Waals surface area contributed by atoms with E-state index in [1.807, 2.05) is 24.3 Å². The SMILES string of the molecule is CN(Cc1ccccc1)C1CCC2(CC1)CNC(=O)c1ccccc1O2. The first-order valence-corrected chi connectivity index (χ1v) is 9.46. The molecule has 1 heterocycles. The summed E-state index contributed by atoms with van der Waals surface area (Å²) in [6, 6.07) is 18.7. The summed E-state index contributed by atoms with van der Waals surface area (Å²) >= 11 is 0. The molecule has 0 aromatic heterocycles. The van der Waals surface area contributed by atoms with Crippen molar-refractivity contribution in [3.8, 4) is 5.75 Å². The molecule has 1 amide bonds. The predicted molar refractivity (Wildman–Crippen MR) is 102 cm³/mol. The smallest absolute Gasteiger partial charge is 0.255 e. The Kier molecular flexibility index (Phi) is 4.68. The fourth-order valence-electron chi connectivity index (χ4n) is 4.20. The van der Waals surface area contributed by atoms with Gasteiger partial charge in [-0.1, -0.05) is 42.5 Å². The number of benzene rings is 2. The molecule has 0 bridgehead atoms. The van der Waals surface area contributed by atoms with Crippen LogP contribution < -0.4 is 10.1 Å². The van der Waals surface area contributed by atoms with Gasteiger partial charge in [0, 0.05) is 12.6 Å². The highest BCUT2D eigenvalue weighted by Crippen LogP contribution is 2.37. The summed E-state index contributed by atoms with van der Waals surface area (Å²) in [6.45, 7) is 1.56. The molecule has 0 radical (unpaired) electrons. The van der Waals surface area contributed by atoms with Crippen molar-refractivity contribution in [2.75, 3.05) is 13.6 Å². The first-order valence-electron chi connectivity index (χ1n) is 9.46. The van der Waals surface area contributed by atoms with Gasteiger partial charge in [0.15, 0.2) is 0 Å². The van der Waals surface area contributed by atoms with E-state index in [0.717, 1.165) is 38.0 Å². The lowest BCUT2D eigenvalue weighted by Gasteiger charge is -2.42. The molecular formula is C22H26N2O2. The number of rotatable bonds is 3. The van der Waals surface area contributed by atoms with E-state index in [0.29, 0.717) is 18.2 Å². The zero-order chi connectivity index (χ0) is 18.0. The average Bonchev–Trinajstić information content (AvgIpc) is 2.80. The number of para-hydroxylation sites is 1. The highest BCUT2D eigenvalue weighted by molar-refractivity contribution is 5.97. The van der Waals surface area contributed by atoms with Gasteiger partial charge in [0.25, 0.3) is 5.91 Å². The number of carbonyl (C=O) groups excluding carboxylic acids is 1.